The van der Waals surface area contributed by atoms with Crippen molar-refractivity contribution in [3.63, 3.8) is 0 Å². The first kappa shape index (κ1) is 17.3. The molecule has 0 aromatic rings. The molecule has 0 spiro atoms. The minimum absolute atomic E-state index is 0.172. The lowest BCUT2D eigenvalue weighted by atomic mass is 10.1. The standard InChI is InChI=1S/C16H32N2O2/c1-6-9-13(2)17-14-10-7-8-11-18(12-14)15(19)20-16(3,4)5/h13-14,17H,6-12H2,1-5H3. The number of hydrogen-bond acceptors (Lipinski definition) is 3. The molecule has 2 unspecified atom stereocenters. The van der Waals surface area contributed by atoms with E-state index in [1.807, 2.05) is 25.7 Å². The van der Waals surface area contributed by atoms with Crippen molar-refractivity contribution in [1.29, 1.82) is 0 Å². The second-order valence-electron chi connectivity index (χ2n) is 6.98. The number of likely N-dealkylation sites (tertiary alicyclic amines) is 1. The fourth-order valence-electron chi connectivity index (χ4n) is 2.69. The number of carbonyl (C=O) groups excluding carboxylic acids is 1. The van der Waals surface area contributed by atoms with E-state index in [4.69, 9.17) is 4.74 Å². The molecule has 0 aliphatic carbocycles. The number of hydrogen-bond donors (Lipinski definition) is 1. The monoisotopic (exact) mass is 284 g/mol. The van der Waals surface area contributed by atoms with Gasteiger partial charge in [-0.3, -0.25) is 0 Å². The molecule has 1 fully saturated rings. The molecular weight excluding hydrogens is 252 g/mol. The maximum atomic E-state index is 12.2. The van der Waals surface area contributed by atoms with Gasteiger partial charge in [-0.15, -0.1) is 0 Å². The predicted molar refractivity (Wildman–Crippen MR) is 83.0 cm³/mol. The Morgan fingerprint density at radius 1 is 1.40 bits per heavy atom. The van der Waals surface area contributed by atoms with E-state index in [0.29, 0.717) is 12.1 Å². The zero-order chi connectivity index (χ0) is 15.2. The van der Waals surface area contributed by atoms with E-state index in [0.717, 1.165) is 25.9 Å². The zero-order valence-corrected chi connectivity index (χ0v) is 13.9. The fourth-order valence-corrected chi connectivity index (χ4v) is 2.69. The summed E-state index contributed by atoms with van der Waals surface area (Å²) in [5, 5.41) is 3.66. The molecule has 0 bridgehead atoms. The third kappa shape index (κ3) is 6.60. The highest BCUT2D eigenvalue weighted by Crippen LogP contribution is 2.16. The molecule has 0 aromatic carbocycles. The van der Waals surface area contributed by atoms with Crippen molar-refractivity contribution in [2.24, 2.45) is 0 Å². The molecule has 0 radical (unpaired) electrons. The van der Waals surface area contributed by atoms with Crippen LogP contribution in [-0.4, -0.2) is 41.8 Å². The maximum Gasteiger partial charge on any atom is 0.410 e. The van der Waals surface area contributed by atoms with Crippen LogP contribution >= 0.6 is 0 Å². The van der Waals surface area contributed by atoms with E-state index in [-0.39, 0.29) is 6.09 Å². The molecule has 2 atom stereocenters. The summed E-state index contributed by atoms with van der Waals surface area (Å²) in [4.78, 5) is 14.1. The molecular formula is C16H32N2O2. The Bertz CT molecular complexity index is 299. The lowest BCUT2D eigenvalue weighted by molar-refractivity contribution is 0.0242. The number of nitrogens with zero attached hydrogens (tertiary/aromatic N) is 1. The van der Waals surface area contributed by atoms with Crippen LogP contribution in [-0.2, 0) is 4.74 Å². The molecule has 0 saturated carbocycles. The van der Waals surface area contributed by atoms with Crippen molar-refractivity contribution in [3.8, 4) is 0 Å². The van der Waals surface area contributed by atoms with E-state index < -0.39 is 5.60 Å². The molecule has 4 nitrogen and oxygen atoms in total. The summed E-state index contributed by atoms with van der Waals surface area (Å²) >= 11 is 0. The predicted octanol–water partition coefficient (Wildman–Crippen LogP) is 3.55. The van der Waals surface area contributed by atoms with Gasteiger partial charge in [0.05, 0.1) is 0 Å². The van der Waals surface area contributed by atoms with Crippen LogP contribution in [0.4, 0.5) is 4.79 Å². The average molecular weight is 284 g/mol. The van der Waals surface area contributed by atoms with Crippen molar-refractivity contribution < 1.29 is 9.53 Å². The van der Waals surface area contributed by atoms with Crippen molar-refractivity contribution in [1.82, 2.24) is 10.2 Å². The summed E-state index contributed by atoms with van der Waals surface area (Å²) in [6.45, 7) is 11.8. The van der Waals surface area contributed by atoms with E-state index in [1.165, 1.54) is 19.3 Å². The minimum atomic E-state index is -0.415. The number of ether oxygens (including phenoxy) is 1. The zero-order valence-electron chi connectivity index (χ0n) is 13.9. The molecule has 1 N–H and O–H groups in total. The van der Waals surface area contributed by atoms with Crippen LogP contribution in [0.15, 0.2) is 0 Å². The highest BCUT2D eigenvalue weighted by Gasteiger charge is 2.26. The van der Waals surface area contributed by atoms with Gasteiger partial charge in [0, 0.05) is 25.2 Å². The highest BCUT2D eigenvalue weighted by atomic mass is 16.6. The molecule has 1 saturated heterocycles. The van der Waals surface area contributed by atoms with Crippen LogP contribution < -0.4 is 5.32 Å². The van der Waals surface area contributed by atoms with Crippen molar-refractivity contribution in [2.75, 3.05) is 13.1 Å². The van der Waals surface area contributed by atoms with E-state index in [2.05, 4.69) is 19.2 Å². The summed E-state index contributed by atoms with van der Waals surface area (Å²) in [6, 6.07) is 0.912. The fraction of sp³-hybridized carbons (Fsp3) is 0.938. The van der Waals surface area contributed by atoms with Gasteiger partial charge in [0.1, 0.15) is 5.60 Å². The Balaban J connectivity index is 2.53. The summed E-state index contributed by atoms with van der Waals surface area (Å²) in [5.74, 6) is 0. The van der Waals surface area contributed by atoms with E-state index in [1.54, 1.807) is 0 Å². The van der Waals surface area contributed by atoms with Gasteiger partial charge in [-0.2, -0.15) is 0 Å². The number of rotatable bonds is 4. The van der Waals surface area contributed by atoms with Crippen molar-refractivity contribution >= 4 is 6.09 Å². The van der Waals surface area contributed by atoms with Crippen LogP contribution in [0.1, 0.15) is 66.7 Å². The van der Waals surface area contributed by atoms with Crippen LogP contribution in [0, 0.1) is 0 Å². The quantitative estimate of drug-likeness (QED) is 0.858. The SMILES string of the molecule is CCCC(C)NC1CCCCN(C(=O)OC(C)(C)C)C1. The van der Waals surface area contributed by atoms with Crippen molar-refractivity contribution in [2.45, 2.75) is 84.4 Å². The molecule has 1 aliphatic heterocycles. The Kier molecular flexibility index (Phi) is 6.80. The van der Waals surface area contributed by atoms with E-state index >= 15 is 0 Å². The van der Waals surface area contributed by atoms with Gasteiger partial charge < -0.3 is 15.0 Å². The summed E-state index contributed by atoms with van der Waals surface area (Å²) in [6.07, 6.45) is 5.59. The van der Waals surface area contributed by atoms with E-state index in [9.17, 15) is 4.79 Å². The third-order valence-electron chi connectivity index (χ3n) is 3.56. The molecule has 118 valence electrons. The average Bonchev–Trinajstić information content (AvgIpc) is 2.52. The van der Waals surface area contributed by atoms with Gasteiger partial charge in [0.2, 0.25) is 0 Å². The van der Waals surface area contributed by atoms with Gasteiger partial charge in [0.15, 0.2) is 0 Å². The summed E-state index contributed by atoms with van der Waals surface area (Å²) < 4.78 is 5.49. The van der Waals surface area contributed by atoms with Crippen LogP contribution in [0.2, 0.25) is 0 Å². The van der Waals surface area contributed by atoms with Crippen molar-refractivity contribution in [3.05, 3.63) is 0 Å². The number of nitrogens with one attached hydrogen (secondary N) is 1. The lowest BCUT2D eigenvalue weighted by Crippen LogP contribution is -2.46. The van der Waals surface area contributed by atoms with Crippen LogP contribution in [0.3, 0.4) is 0 Å². The Labute approximate surface area is 124 Å². The second kappa shape index (κ2) is 7.87. The normalized spacial score (nSPS) is 22.2. The smallest absolute Gasteiger partial charge is 0.410 e. The third-order valence-corrected chi connectivity index (χ3v) is 3.56. The lowest BCUT2D eigenvalue weighted by Gasteiger charge is -2.29. The van der Waals surface area contributed by atoms with Crippen LogP contribution in [0.25, 0.3) is 0 Å². The van der Waals surface area contributed by atoms with Crippen LogP contribution in [0.5, 0.6) is 0 Å². The van der Waals surface area contributed by atoms with Gasteiger partial charge in [-0.1, -0.05) is 19.8 Å². The van der Waals surface area contributed by atoms with Gasteiger partial charge >= 0.3 is 6.09 Å². The molecule has 0 aromatic heterocycles. The Hall–Kier alpha value is -0.770. The van der Waals surface area contributed by atoms with Gasteiger partial charge in [-0.25, -0.2) is 4.79 Å². The first-order valence-corrected chi connectivity index (χ1v) is 8.05. The summed E-state index contributed by atoms with van der Waals surface area (Å²) in [7, 11) is 0. The Morgan fingerprint density at radius 2 is 2.10 bits per heavy atom. The molecule has 20 heavy (non-hydrogen) atoms. The molecule has 1 aliphatic rings. The minimum Gasteiger partial charge on any atom is -0.444 e. The summed E-state index contributed by atoms with van der Waals surface area (Å²) in [5.41, 5.74) is -0.415. The Morgan fingerprint density at radius 3 is 2.70 bits per heavy atom. The first-order valence-electron chi connectivity index (χ1n) is 8.05. The molecule has 1 amide bonds. The number of carbonyl (C=O) groups is 1. The van der Waals surface area contributed by atoms with Gasteiger partial charge in [0.25, 0.3) is 0 Å². The highest BCUT2D eigenvalue weighted by molar-refractivity contribution is 5.68. The number of amides is 1. The largest absolute Gasteiger partial charge is 0.444 e. The molecule has 1 heterocycles. The second-order valence-corrected chi connectivity index (χ2v) is 6.98. The topological polar surface area (TPSA) is 41.6 Å². The first-order chi connectivity index (χ1) is 9.31. The maximum absolute atomic E-state index is 12.2. The molecule has 4 heteroatoms. The van der Waals surface area contributed by atoms with Gasteiger partial charge in [-0.05, 0) is 47.0 Å². The molecule has 1 rings (SSSR count).